The lowest BCUT2D eigenvalue weighted by Crippen LogP contribution is -2.39. The second-order valence-electron chi connectivity index (χ2n) is 3.61. The molecule has 0 aromatic heterocycles. The summed E-state index contributed by atoms with van der Waals surface area (Å²) in [7, 11) is 0. The molecule has 1 aliphatic rings. The van der Waals surface area contributed by atoms with Gasteiger partial charge in [0, 0.05) is 22.5 Å². The number of carbonyl (C=O) groups is 2. The predicted molar refractivity (Wildman–Crippen MR) is 65.7 cm³/mol. The number of anilines is 1. The average molecular weight is 303 g/mol. The highest BCUT2D eigenvalue weighted by atomic mass is 79.9. The Morgan fingerprint density at radius 2 is 2.06 bits per heavy atom. The molecule has 1 amide bonds. The zero-order chi connectivity index (χ0) is 11.7. The van der Waals surface area contributed by atoms with Crippen molar-refractivity contribution < 1.29 is 9.59 Å². The Kier molecular flexibility index (Phi) is 3.30. The van der Waals surface area contributed by atoms with Crippen molar-refractivity contribution in [2.24, 2.45) is 0 Å². The number of benzene rings is 1. The molecule has 0 N–H and O–H groups in total. The third kappa shape index (κ3) is 2.28. The van der Waals surface area contributed by atoms with E-state index < -0.39 is 0 Å². The first-order valence-corrected chi connectivity index (χ1v) is 6.02. The van der Waals surface area contributed by atoms with Gasteiger partial charge in [0.1, 0.15) is 5.78 Å². The van der Waals surface area contributed by atoms with Crippen LogP contribution in [0.15, 0.2) is 22.7 Å². The normalized spacial score (nSPS) is 16.8. The number of hydrogen-bond acceptors (Lipinski definition) is 2. The summed E-state index contributed by atoms with van der Waals surface area (Å²) in [5.74, 6) is -0.148. The second-order valence-corrected chi connectivity index (χ2v) is 4.90. The molecule has 0 bridgehead atoms. The Morgan fingerprint density at radius 3 is 2.69 bits per heavy atom. The summed E-state index contributed by atoms with van der Waals surface area (Å²) in [6.45, 7) is 0.442. The molecule has 2 rings (SSSR count). The van der Waals surface area contributed by atoms with Crippen LogP contribution in [-0.2, 0) is 9.59 Å². The quantitative estimate of drug-likeness (QED) is 0.748. The molecule has 0 aliphatic carbocycles. The van der Waals surface area contributed by atoms with Gasteiger partial charge >= 0.3 is 0 Å². The van der Waals surface area contributed by atoms with Gasteiger partial charge in [0.25, 0.3) is 0 Å². The maximum atomic E-state index is 11.7. The van der Waals surface area contributed by atoms with Gasteiger partial charge in [-0.2, -0.15) is 0 Å². The van der Waals surface area contributed by atoms with E-state index in [2.05, 4.69) is 15.9 Å². The number of hydrogen-bond donors (Lipinski definition) is 0. The number of rotatable bonds is 1. The largest absolute Gasteiger partial charge is 0.310 e. The summed E-state index contributed by atoms with van der Waals surface area (Å²) >= 11 is 9.19. The minimum absolute atomic E-state index is 0.00489. The first-order valence-electron chi connectivity index (χ1n) is 4.85. The number of nitrogens with zero attached hydrogens (tertiary/aromatic N) is 1. The summed E-state index contributed by atoms with van der Waals surface area (Å²) in [6, 6.07) is 5.24. The molecule has 0 spiro atoms. The van der Waals surface area contributed by atoms with Crippen LogP contribution in [0.2, 0.25) is 5.02 Å². The molecular formula is C11H9BrClNO2. The monoisotopic (exact) mass is 301 g/mol. The van der Waals surface area contributed by atoms with Gasteiger partial charge in [-0.15, -0.1) is 0 Å². The molecule has 1 fully saturated rings. The molecule has 0 radical (unpaired) electrons. The molecule has 0 unspecified atom stereocenters. The first-order chi connectivity index (χ1) is 7.58. The van der Waals surface area contributed by atoms with Gasteiger partial charge in [0.05, 0.1) is 12.1 Å². The van der Waals surface area contributed by atoms with E-state index in [1.54, 1.807) is 23.1 Å². The minimum atomic E-state index is -0.153. The maximum absolute atomic E-state index is 11.7. The Labute approximate surface area is 107 Å². The van der Waals surface area contributed by atoms with Crippen LogP contribution in [0.5, 0.6) is 0 Å². The van der Waals surface area contributed by atoms with Gasteiger partial charge in [0.2, 0.25) is 5.91 Å². The fourth-order valence-corrected chi connectivity index (χ4v) is 2.57. The molecule has 1 heterocycles. The Bertz CT molecular complexity index is 461. The smallest absolute Gasteiger partial charge is 0.234 e. The van der Waals surface area contributed by atoms with Crippen molar-refractivity contribution in [3.63, 3.8) is 0 Å². The molecule has 16 heavy (non-hydrogen) atoms. The lowest BCUT2D eigenvalue weighted by molar-refractivity contribution is -0.128. The molecule has 1 aromatic rings. The number of ketones is 1. The number of halogens is 2. The molecule has 1 aliphatic heterocycles. The maximum Gasteiger partial charge on any atom is 0.234 e. The Morgan fingerprint density at radius 1 is 1.31 bits per heavy atom. The van der Waals surface area contributed by atoms with Crippen molar-refractivity contribution in [3.8, 4) is 0 Å². The van der Waals surface area contributed by atoms with Crippen molar-refractivity contribution in [2.75, 3.05) is 11.4 Å². The van der Waals surface area contributed by atoms with E-state index in [9.17, 15) is 9.59 Å². The van der Waals surface area contributed by atoms with Crippen LogP contribution in [-0.4, -0.2) is 18.2 Å². The lowest BCUT2D eigenvalue weighted by Gasteiger charge is -2.27. The van der Waals surface area contributed by atoms with Crippen molar-refractivity contribution in [3.05, 3.63) is 27.7 Å². The first kappa shape index (κ1) is 11.6. The van der Waals surface area contributed by atoms with Crippen LogP contribution < -0.4 is 4.90 Å². The number of Topliss-reactive ketones (excluding diaryl/α,β-unsaturated/α-hetero) is 1. The van der Waals surface area contributed by atoms with Crippen molar-refractivity contribution in [1.82, 2.24) is 0 Å². The fraction of sp³-hybridized carbons (Fsp3) is 0.273. The van der Waals surface area contributed by atoms with Crippen LogP contribution in [0.4, 0.5) is 5.69 Å². The lowest BCUT2D eigenvalue weighted by atomic mass is 10.1. The SMILES string of the molecule is O=C1CCN(c2ccc(Cl)cc2Br)C(=O)C1. The summed E-state index contributed by atoms with van der Waals surface area (Å²) in [5.41, 5.74) is 0.766. The predicted octanol–water partition coefficient (Wildman–Crippen LogP) is 2.80. The molecule has 1 saturated heterocycles. The molecule has 0 saturated carbocycles. The highest BCUT2D eigenvalue weighted by Crippen LogP contribution is 2.30. The van der Waals surface area contributed by atoms with E-state index in [4.69, 9.17) is 11.6 Å². The van der Waals surface area contributed by atoms with Gasteiger partial charge in [-0.05, 0) is 34.1 Å². The highest BCUT2D eigenvalue weighted by Gasteiger charge is 2.25. The Balaban J connectivity index is 2.30. The van der Waals surface area contributed by atoms with Crippen LogP contribution in [0.1, 0.15) is 12.8 Å². The Hall–Kier alpha value is -0.870. The zero-order valence-electron chi connectivity index (χ0n) is 8.37. The summed E-state index contributed by atoms with van der Waals surface area (Å²) < 4.78 is 0.766. The van der Waals surface area contributed by atoms with Gasteiger partial charge in [-0.25, -0.2) is 0 Å². The van der Waals surface area contributed by atoms with E-state index in [0.29, 0.717) is 18.0 Å². The van der Waals surface area contributed by atoms with Crippen LogP contribution in [0, 0.1) is 0 Å². The van der Waals surface area contributed by atoms with Crippen LogP contribution in [0.25, 0.3) is 0 Å². The molecule has 5 heteroatoms. The van der Waals surface area contributed by atoms with Gasteiger partial charge < -0.3 is 4.90 Å². The molecule has 3 nitrogen and oxygen atoms in total. The van der Waals surface area contributed by atoms with Crippen molar-refractivity contribution >= 4 is 44.9 Å². The molecule has 84 valence electrons. The highest BCUT2D eigenvalue weighted by molar-refractivity contribution is 9.10. The van der Waals surface area contributed by atoms with E-state index in [1.165, 1.54) is 0 Å². The zero-order valence-corrected chi connectivity index (χ0v) is 10.7. The molecule has 0 atom stereocenters. The third-order valence-corrected chi connectivity index (χ3v) is 3.33. The van der Waals surface area contributed by atoms with E-state index in [-0.39, 0.29) is 18.1 Å². The summed E-state index contributed by atoms with van der Waals surface area (Å²) in [5, 5.41) is 0.608. The second kappa shape index (κ2) is 4.55. The number of piperidine rings is 1. The topological polar surface area (TPSA) is 37.4 Å². The standard InChI is InChI=1S/C11H9BrClNO2/c12-9-5-7(13)1-2-10(9)14-4-3-8(15)6-11(14)16/h1-2,5H,3-4,6H2. The van der Waals surface area contributed by atoms with Crippen molar-refractivity contribution in [1.29, 1.82) is 0 Å². The third-order valence-electron chi connectivity index (χ3n) is 2.46. The van der Waals surface area contributed by atoms with Gasteiger partial charge in [0.15, 0.2) is 0 Å². The van der Waals surface area contributed by atoms with Gasteiger partial charge in [-0.3, -0.25) is 9.59 Å². The van der Waals surface area contributed by atoms with Gasteiger partial charge in [-0.1, -0.05) is 11.6 Å². The minimum Gasteiger partial charge on any atom is -0.310 e. The van der Waals surface area contributed by atoms with Crippen LogP contribution >= 0.6 is 27.5 Å². The number of carbonyl (C=O) groups excluding carboxylic acids is 2. The van der Waals surface area contributed by atoms with E-state index in [1.807, 2.05) is 0 Å². The van der Waals surface area contributed by atoms with E-state index >= 15 is 0 Å². The molecular weight excluding hydrogens is 293 g/mol. The summed E-state index contributed by atoms with van der Waals surface area (Å²) in [4.78, 5) is 24.4. The van der Waals surface area contributed by atoms with Crippen LogP contribution in [0.3, 0.4) is 0 Å². The fourth-order valence-electron chi connectivity index (χ4n) is 1.67. The number of amides is 1. The van der Waals surface area contributed by atoms with E-state index in [0.717, 1.165) is 10.2 Å². The van der Waals surface area contributed by atoms with Crippen molar-refractivity contribution in [2.45, 2.75) is 12.8 Å². The summed E-state index contributed by atoms with van der Waals surface area (Å²) in [6.07, 6.45) is 0.413. The molecule has 1 aromatic carbocycles. The average Bonchev–Trinajstić information content (AvgIpc) is 2.19.